The van der Waals surface area contributed by atoms with Gasteiger partial charge in [-0.1, -0.05) is 41.9 Å². The fourth-order valence-corrected chi connectivity index (χ4v) is 5.05. The summed E-state index contributed by atoms with van der Waals surface area (Å²) in [4.78, 5) is 17.2. The molecule has 0 spiro atoms. The van der Waals surface area contributed by atoms with Crippen LogP contribution in [0.2, 0.25) is 5.02 Å². The van der Waals surface area contributed by atoms with Crippen LogP contribution in [0.5, 0.6) is 5.75 Å². The van der Waals surface area contributed by atoms with Crippen molar-refractivity contribution >= 4 is 17.5 Å². The number of ether oxygens (including phenoxy) is 1. The van der Waals surface area contributed by atoms with E-state index in [2.05, 4.69) is 16.3 Å². The van der Waals surface area contributed by atoms with Crippen molar-refractivity contribution in [1.29, 1.82) is 0 Å². The lowest BCUT2D eigenvalue weighted by atomic mass is 10.1. The number of nitrogens with one attached hydrogen (secondary N) is 1. The van der Waals surface area contributed by atoms with Crippen LogP contribution in [-0.4, -0.2) is 61.1 Å². The van der Waals surface area contributed by atoms with Crippen LogP contribution < -0.4 is 10.1 Å². The molecule has 0 saturated carbocycles. The summed E-state index contributed by atoms with van der Waals surface area (Å²) in [5.74, 6) is 1.84. The van der Waals surface area contributed by atoms with Gasteiger partial charge in [-0.2, -0.15) is 0 Å². The molecule has 0 atom stereocenters. The molecular formula is C28H32ClN3O3. The maximum Gasteiger partial charge on any atom is 0.289 e. The van der Waals surface area contributed by atoms with Crippen molar-refractivity contribution in [2.45, 2.75) is 32.4 Å². The minimum Gasteiger partial charge on any atom is -0.489 e. The molecule has 7 heteroatoms. The van der Waals surface area contributed by atoms with E-state index in [1.807, 2.05) is 54.3 Å². The number of nitrogens with zero attached hydrogens (tertiary/aromatic N) is 2. The van der Waals surface area contributed by atoms with E-state index in [9.17, 15) is 4.79 Å². The minimum absolute atomic E-state index is 0.0491. The minimum atomic E-state index is -0.0491. The first-order valence-electron chi connectivity index (χ1n) is 12.4. The molecule has 0 unspecified atom stereocenters. The smallest absolute Gasteiger partial charge is 0.289 e. The number of hydrogen-bond acceptors (Lipinski definition) is 5. The number of amides is 1. The Morgan fingerprint density at radius 2 is 1.83 bits per heavy atom. The van der Waals surface area contributed by atoms with Crippen LogP contribution in [0.4, 0.5) is 0 Å². The number of carbonyl (C=O) groups excluding carboxylic acids is 1. The number of piperidine rings is 1. The topological polar surface area (TPSA) is 58.0 Å². The zero-order chi connectivity index (χ0) is 24.2. The van der Waals surface area contributed by atoms with E-state index in [4.69, 9.17) is 20.8 Å². The molecule has 1 N–H and O–H groups in total. The first-order chi connectivity index (χ1) is 17.1. The normalized spacial score (nSPS) is 17.5. The highest BCUT2D eigenvalue weighted by atomic mass is 35.5. The number of halogens is 1. The number of aryl methyl sites for hydroxylation is 1. The van der Waals surface area contributed by atoms with Gasteiger partial charge in [0.1, 0.15) is 17.6 Å². The Kier molecular flexibility index (Phi) is 7.42. The Hall–Kier alpha value is -2.80. The number of hydrogen-bond donors (Lipinski definition) is 1. The Morgan fingerprint density at radius 1 is 1.06 bits per heavy atom. The van der Waals surface area contributed by atoms with Crippen LogP contribution in [0.1, 0.15) is 34.5 Å². The summed E-state index contributed by atoms with van der Waals surface area (Å²) in [5.41, 5.74) is 3.30. The monoisotopic (exact) mass is 493 g/mol. The van der Waals surface area contributed by atoms with Crippen molar-refractivity contribution in [1.82, 2.24) is 15.1 Å². The van der Waals surface area contributed by atoms with Gasteiger partial charge in [0.25, 0.3) is 5.91 Å². The molecule has 2 aliphatic rings. The fourth-order valence-electron chi connectivity index (χ4n) is 4.80. The molecule has 1 aromatic heterocycles. The maximum atomic E-state index is 13.0. The van der Waals surface area contributed by atoms with Crippen LogP contribution in [0.15, 0.2) is 59.0 Å². The zero-order valence-electron chi connectivity index (χ0n) is 20.1. The van der Waals surface area contributed by atoms with E-state index < -0.39 is 0 Å². The largest absolute Gasteiger partial charge is 0.489 e. The van der Waals surface area contributed by atoms with Gasteiger partial charge in [0, 0.05) is 38.3 Å². The maximum absolute atomic E-state index is 13.0. The van der Waals surface area contributed by atoms with Gasteiger partial charge in [0.2, 0.25) is 0 Å². The molecule has 0 aliphatic carbocycles. The number of rotatable bonds is 6. The Balaban J connectivity index is 1.14. The summed E-state index contributed by atoms with van der Waals surface area (Å²) in [7, 11) is 0. The molecule has 35 heavy (non-hydrogen) atoms. The van der Waals surface area contributed by atoms with E-state index in [1.54, 1.807) is 6.07 Å². The van der Waals surface area contributed by atoms with Crippen LogP contribution in [-0.2, 0) is 6.54 Å². The summed E-state index contributed by atoms with van der Waals surface area (Å²) in [6.45, 7) is 7.78. The van der Waals surface area contributed by atoms with E-state index in [1.165, 1.54) is 0 Å². The molecule has 0 radical (unpaired) electrons. The lowest BCUT2D eigenvalue weighted by Gasteiger charge is -2.34. The quantitative estimate of drug-likeness (QED) is 0.524. The Bertz CT molecular complexity index is 1160. The van der Waals surface area contributed by atoms with E-state index in [-0.39, 0.29) is 12.0 Å². The van der Waals surface area contributed by atoms with Crippen molar-refractivity contribution in [2.75, 3.05) is 39.3 Å². The number of benzene rings is 2. The third-order valence-electron chi connectivity index (χ3n) is 6.87. The first-order valence-corrected chi connectivity index (χ1v) is 12.8. The number of furan rings is 1. The average molecular weight is 494 g/mol. The highest BCUT2D eigenvalue weighted by molar-refractivity contribution is 6.32. The Labute approximate surface area is 211 Å². The van der Waals surface area contributed by atoms with Crippen LogP contribution in [0.25, 0.3) is 11.3 Å². The van der Waals surface area contributed by atoms with Crippen molar-refractivity contribution in [3.63, 3.8) is 0 Å². The second kappa shape index (κ2) is 10.9. The van der Waals surface area contributed by atoms with Crippen molar-refractivity contribution < 1.29 is 13.9 Å². The number of piperazine rings is 1. The zero-order valence-corrected chi connectivity index (χ0v) is 20.9. The molecule has 184 valence electrons. The molecular weight excluding hydrogens is 462 g/mol. The van der Waals surface area contributed by atoms with Crippen LogP contribution in [0, 0.1) is 6.92 Å². The van der Waals surface area contributed by atoms with Gasteiger partial charge in [-0.3, -0.25) is 9.69 Å². The summed E-state index contributed by atoms with van der Waals surface area (Å²) in [6.07, 6.45) is 2.24. The van der Waals surface area contributed by atoms with Gasteiger partial charge in [-0.25, -0.2) is 0 Å². The van der Waals surface area contributed by atoms with E-state index >= 15 is 0 Å². The predicted molar refractivity (Wildman–Crippen MR) is 138 cm³/mol. The first kappa shape index (κ1) is 23.9. The van der Waals surface area contributed by atoms with Gasteiger partial charge in [0.05, 0.1) is 5.02 Å². The van der Waals surface area contributed by atoms with Crippen molar-refractivity contribution in [3.8, 4) is 17.1 Å². The fraction of sp³-hybridized carbons (Fsp3) is 0.393. The van der Waals surface area contributed by atoms with Crippen molar-refractivity contribution in [3.05, 3.63) is 76.5 Å². The average Bonchev–Trinajstić information content (AvgIpc) is 3.37. The summed E-state index contributed by atoms with van der Waals surface area (Å²) >= 11 is 6.53. The summed E-state index contributed by atoms with van der Waals surface area (Å²) < 4.78 is 12.0. The lowest BCUT2D eigenvalue weighted by molar-refractivity contribution is 0.0598. The molecule has 2 aliphatic heterocycles. The highest BCUT2D eigenvalue weighted by Gasteiger charge is 2.25. The third-order valence-corrected chi connectivity index (χ3v) is 7.16. The second-order valence-electron chi connectivity index (χ2n) is 9.38. The van der Waals surface area contributed by atoms with E-state index in [0.29, 0.717) is 23.9 Å². The highest BCUT2D eigenvalue weighted by Crippen LogP contribution is 2.29. The molecule has 3 aromatic rings. The number of carbonyl (C=O) groups is 1. The summed E-state index contributed by atoms with van der Waals surface area (Å²) in [6, 6.07) is 17.8. The standard InChI is InChI=1S/C28H32ClN3O3/c1-20-4-2-3-5-23(20)25-8-9-27(35-25)28(33)32-16-14-31(15-17-32)19-21-6-7-26(24(29)18-21)34-22-10-12-30-13-11-22/h2-9,18,22,30H,10-17,19H2,1H3. The van der Waals surface area contributed by atoms with Crippen molar-refractivity contribution in [2.24, 2.45) is 0 Å². The third kappa shape index (κ3) is 5.72. The summed E-state index contributed by atoms with van der Waals surface area (Å²) in [5, 5.41) is 4.01. The molecule has 0 bridgehead atoms. The predicted octanol–water partition coefficient (Wildman–Crippen LogP) is 5.00. The van der Waals surface area contributed by atoms with Gasteiger partial charge < -0.3 is 19.4 Å². The molecule has 2 fully saturated rings. The van der Waals surface area contributed by atoms with Gasteiger partial charge in [0.15, 0.2) is 5.76 Å². The van der Waals surface area contributed by atoms with Crippen LogP contribution >= 0.6 is 11.6 Å². The Morgan fingerprint density at radius 3 is 2.57 bits per heavy atom. The second-order valence-corrected chi connectivity index (χ2v) is 9.79. The van der Waals surface area contributed by atoms with Gasteiger partial charge in [-0.15, -0.1) is 0 Å². The van der Waals surface area contributed by atoms with Gasteiger partial charge >= 0.3 is 0 Å². The molecule has 3 heterocycles. The van der Waals surface area contributed by atoms with E-state index in [0.717, 1.165) is 73.8 Å². The molecule has 1 amide bonds. The molecule has 2 aromatic carbocycles. The molecule has 5 rings (SSSR count). The molecule has 2 saturated heterocycles. The SMILES string of the molecule is Cc1ccccc1-c1ccc(C(=O)N2CCN(Cc3ccc(OC4CCNCC4)c(Cl)c3)CC2)o1. The molecule has 6 nitrogen and oxygen atoms in total. The van der Waals surface area contributed by atoms with Gasteiger partial charge in [-0.05, 0) is 68.2 Å². The van der Waals surface area contributed by atoms with Crippen LogP contribution in [0.3, 0.4) is 0 Å². The lowest BCUT2D eigenvalue weighted by Crippen LogP contribution is -2.48.